The number of aromatic nitrogens is 1. The third kappa shape index (κ3) is 2.74. The lowest BCUT2D eigenvalue weighted by Crippen LogP contribution is -2.03. The van der Waals surface area contributed by atoms with Crippen molar-refractivity contribution in [1.82, 2.24) is 4.98 Å². The van der Waals surface area contributed by atoms with Gasteiger partial charge in [-0.3, -0.25) is 4.79 Å². The third-order valence-corrected chi connectivity index (χ3v) is 2.92. The van der Waals surface area contributed by atoms with Crippen LogP contribution in [0.4, 0.5) is 4.39 Å². The first-order chi connectivity index (χ1) is 8.18. The molecule has 1 N–H and O–H groups in total. The molecule has 0 saturated carbocycles. The van der Waals surface area contributed by atoms with Crippen LogP contribution in [-0.4, -0.2) is 10.8 Å². The number of carbonyl (C=O) groups excluding carboxylic acids is 1. The Labute approximate surface area is 103 Å². The molecule has 2 rings (SSSR count). The second-order valence-electron chi connectivity index (χ2n) is 3.71. The summed E-state index contributed by atoms with van der Waals surface area (Å²) in [7, 11) is 0. The minimum absolute atomic E-state index is 0.0469. The van der Waals surface area contributed by atoms with Gasteiger partial charge in [0.05, 0.1) is 5.69 Å². The average molecular weight is 252 g/mol. The molecule has 1 aromatic heterocycles. The molecule has 17 heavy (non-hydrogen) atoms. The number of hydrogen-bond acceptors (Lipinski definition) is 1. The Morgan fingerprint density at radius 1 is 1.29 bits per heavy atom. The van der Waals surface area contributed by atoms with Crippen LogP contribution < -0.4 is 0 Å². The Morgan fingerprint density at radius 3 is 2.76 bits per heavy atom. The molecular weight excluding hydrogens is 241 g/mol. The van der Waals surface area contributed by atoms with Crippen LogP contribution in [0.2, 0.25) is 5.02 Å². The minimum atomic E-state index is -0.364. The van der Waals surface area contributed by atoms with Gasteiger partial charge in [-0.15, -0.1) is 0 Å². The molecule has 0 spiro atoms. The zero-order chi connectivity index (χ0) is 12.3. The maximum Gasteiger partial charge on any atom is 0.179 e. The zero-order valence-electron chi connectivity index (χ0n) is 9.04. The second-order valence-corrected chi connectivity index (χ2v) is 4.11. The molecule has 0 radical (unpaired) electrons. The maximum absolute atomic E-state index is 13.4. The highest BCUT2D eigenvalue weighted by Gasteiger charge is 2.11. The molecule has 2 nitrogen and oxygen atoms in total. The highest BCUT2D eigenvalue weighted by molar-refractivity contribution is 6.31. The lowest BCUT2D eigenvalue weighted by atomic mass is 10.1. The number of benzene rings is 1. The summed E-state index contributed by atoms with van der Waals surface area (Å²) in [6.45, 7) is 0. The van der Waals surface area contributed by atoms with Gasteiger partial charge in [-0.25, -0.2) is 4.39 Å². The number of Topliss-reactive ketones (excluding diaryl/α,β-unsaturated/α-hetero) is 1. The van der Waals surface area contributed by atoms with Crippen molar-refractivity contribution >= 4 is 17.4 Å². The van der Waals surface area contributed by atoms with Gasteiger partial charge in [0.2, 0.25) is 0 Å². The van der Waals surface area contributed by atoms with E-state index in [2.05, 4.69) is 4.98 Å². The van der Waals surface area contributed by atoms with E-state index in [1.807, 2.05) is 0 Å². The first kappa shape index (κ1) is 11.9. The molecule has 0 aliphatic heterocycles. The van der Waals surface area contributed by atoms with E-state index in [4.69, 9.17) is 11.6 Å². The average Bonchev–Trinajstić information content (AvgIpc) is 2.81. The summed E-state index contributed by atoms with van der Waals surface area (Å²) in [4.78, 5) is 14.5. The second kappa shape index (κ2) is 5.15. The number of aromatic amines is 1. The number of ketones is 1. The van der Waals surface area contributed by atoms with E-state index in [0.29, 0.717) is 22.7 Å². The van der Waals surface area contributed by atoms with Crippen LogP contribution in [0, 0.1) is 5.82 Å². The van der Waals surface area contributed by atoms with Crippen LogP contribution >= 0.6 is 11.6 Å². The van der Waals surface area contributed by atoms with Crippen LogP contribution in [0.1, 0.15) is 22.5 Å². The van der Waals surface area contributed by atoms with Gasteiger partial charge >= 0.3 is 0 Å². The largest absolute Gasteiger partial charge is 0.359 e. The summed E-state index contributed by atoms with van der Waals surface area (Å²) in [5.41, 5.74) is 0.937. The fraction of sp³-hybridized carbons (Fsp3) is 0.154. The Kier molecular flexibility index (Phi) is 3.59. The molecule has 0 aliphatic rings. The number of hydrogen-bond donors (Lipinski definition) is 1. The van der Waals surface area contributed by atoms with E-state index < -0.39 is 0 Å². The summed E-state index contributed by atoms with van der Waals surface area (Å²) in [6, 6.07) is 7.97. The van der Waals surface area contributed by atoms with E-state index in [-0.39, 0.29) is 18.0 Å². The number of halogens is 2. The molecule has 0 fully saturated rings. The highest BCUT2D eigenvalue weighted by atomic mass is 35.5. The quantitative estimate of drug-likeness (QED) is 0.827. The van der Waals surface area contributed by atoms with Crippen molar-refractivity contribution in [2.24, 2.45) is 0 Å². The van der Waals surface area contributed by atoms with Crippen LogP contribution in [0.3, 0.4) is 0 Å². The van der Waals surface area contributed by atoms with Gasteiger partial charge in [-0.2, -0.15) is 0 Å². The Hall–Kier alpha value is -1.61. The molecule has 0 amide bonds. The van der Waals surface area contributed by atoms with Gasteiger partial charge in [-0.1, -0.05) is 17.7 Å². The van der Waals surface area contributed by atoms with Gasteiger partial charge in [0, 0.05) is 23.2 Å². The Balaban J connectivity index is 2.06. The minimum Gasteiger partial charge on any atom is -0.359 e. The van der Waals surface area contributed by atoms with E-state index >= 15 is 0 Å². The fourth-order valence-electron chi connectivity index (χ4n) is 1.65. The molecule has 0 bridgehead atoms. The predicted octanol–water partition coefficient (Wildman–Crippen LogP) is 3.62. The van der Waals surface area contributed by atoms with E-state index in [9.17, 15) is 9.18 Å². The van der Waals surface area contributed by atoms with E-state index in [0.717, 1.165) is 0 Å². The normalized spacial score (nSPS) is 10.5. The maximum atomic E-state index is 13.4. The van der Waals surface area contributed by atoms with Gasteiger partial charge < -0.3 is 4.98 Å². The van der Waals surface area contributed by atoms with Crippen molar-refractivity contribution < 1.29 is 9.18 Å². The number of H-pyrrole nitrogens is 1. The standard InChI is InChI=1S/C13H11ClFNO/c14-10-3-1-4-11(15)9(10)6-7-13(17)12-5-2-8-16-12/h1-5,8,16H,6-7H2. The smallest absolute Gasteiger partial charge is 0.179 e. The zero-order valence-corrected chi connectivity index (χ0v) is 9.80. The Morgan fingerprint density at radius 2 is 2.12 bits per heavy atom. The molecule has 0 unspecified atom stereocenters. The van der Waals surface area contributed by atoms with Gasteiger partial charge in [0.25, 0.3) is 0 Å². The van der Waals surface area contributed by atoms with Crippen molar-refractivity contribution in [3.05, 3.63) is 58.6 Å². The summed E-state index contributed by atoms with van der Waals surface area (Å²) < 4.78 is 13.4. The molecule has 0 atom stereocenters. The first-order valence-corrected chi connectivity index (χ1v) is 5.66. The van der Waals surface area contributed by atoms with Crippen LogP contribution in [0.15, 0.2) is 36.5 Å². The lowest BCUT2D eigenvalue weighted by Gasteiger charge is -2.04. The van der Waals surface area contributed by atoms with Crippen LogP contribution in [-0.2, 0) is 6.42 Å². The van der Waals surface area contributed by atoms with Crippen molar-refractivity contribution in [2.45, 2.75) is 12.8 Å². The van der Waals surface area contributed by atoms with Gasteiger partial charge in [0.15, 0.2) is 5.78 Å². The molecule has 1 heterocycles. The van der Waals surface area contributed by atoms with Crippen LogP contribution in [0.25, 0.3) is 0 Å². The molecule has 1 aromatic carbocycles. The van der Waals surface area contributed by atoms with Crippen molar-refractivity contribution in [1.29, 1.82) is 0 Å². The predicted molar refractivity (Wildman–Crippen MR) is 64.9 cm³/mol. The van der Waals surface area contributed by atoms with Crippen molar-refractivity contribution in [3.63, 3.8) is 0 Å². The molecule has 4 heteroatoms. The van der Waals surface area contributed by atoms with E-state index in [1.165, 1.54) is 6.07 Å². The van der Waals surface area contributed by atoms with Gasteiger partial charge in [0.1, 0.15) is 5.82 Å². The van der Waals surface area contributed by atoms with E-state index in [1.54, 1.807) is 30.5 Å². The highest BCUT2D eigenvalue weighted by Crippen LogP contribution is 2.21. The molecule has 0 aliphatic carbocycles. The fourth-order valence-corrected chi connectivity index (χ4v) is 1.91. The summed E-state index contributed by atoms with van der Waals surface area (Å²) >= 11 is 5.88. The number of carbonyl (C=O) groups is 1. The third-order valence-electron chi connectivity index (χ3n) is 2.56. The molecular formula is C13H11ClFNO. The monoisotopic (exact) mass is 251 g/mol. The summed E-state index contributed by atoms with van der Waals surface area (Å²) in [5, 5.41) is 0.365. The van der Waals surface area contributed by atoms with Crippen molar-refractivity contribution in [2.75, 3.05) is 0 Å². The topological polar surface area (TPSA) is 32.9 Å². The van der Waals surface area contributed by atoms with Crippen LogP contribution in [0.5, 0.6) is 0 Å². The molecule has 0 saturated heterocycles. The first-order valence-electron chi connectivity index (χ1n) is 5.28. The van der Waals surface area contributed by atoms with Gasteiger partial charge in [-0.05, 0) is 30.7 Å². The molecule has 2 aromatic rings. The number of nitrogens with one attached hydrogen (secondary N) is 1. The summed E-state index contributed by atoms with van der Waals surface area (Å²) in [6.07, 6.45) is 2.23. The SMILES string of the molecule is O=C(CCc1c(F)cccc1Cl)c1ccc[nH]1. The number of rotatable bonds is 4. The van der Waals surface area contributed by atoms with Crippen molar-refractivity contribution in [3.8, 4) is 0 Å². The molecule has 88 valence electrons. The summed E-state index contributed by atoms with van der Waals surface area (Å²) in [5.74, 6) is -0.411. The Bertz CT molecular complexity index is 502. The lowest BCUT2D eigenvalue weighted by molar-refractivity contribution is 0.0978.